The van der Waals surface area contributed by atoms with Gasteiger partial charge in [0.1, 0.15) is 5.82 Å². The van der Waals surface area contributed by atoms with Gasteiger partial charge in [-0.3, -0.25) is 9.17 Å². The predicted molar refractivity (Wildman–Crippen MR) is 76.8 cm³/mol. The number of nitrogens with zero attached hydrogens (tertiary/aromatic N) is 1. The molecule has 1 aromatic carbocycles. The van der Waals surface area contributed by atoms with E-state index in [0.717, 1.165) is 11.8 Å². The van der Waals surface area contributed by atoms with Crippen molar-refractivity contribution in [3.05, 3.63) is 59.7 Å². The van der Waals surface area contributed by atoms with E-state index in [-0.39, 0.29) is 11.5 Å². The number of pyridine rings is 1. The third kappa shape index (κ3) is 4.61. The molecule has 1 aromatic heterocycles. The van der Waals surface area contributed by atoms with Gasteiger partial charge in [0.25, 0.3) is 10.1 Å². The van der Waals surface area contributed by atoms with Crippen molar-refractivity contribution in [1.29, 1.82) is 0 Å². The quantitative estimate of drug-likeness (QED) is 0.608. The van der Waals surface area contributed by atoms with Gasteiger partial charge in [0.05, 0.1) is 17.7 Å². The standard InChI is InChI=1S/C15H16FNO3S/c1-12-4-8-15(9-5-12)21(18,19)20-10-2-3-14-7-6-13(16)11-17-14/h4-9,11H,2-3,10H2,1H3. The van der Waals surface area contributed by atoms with Gasteiger partial charge in [-0.15, -0.1) is 0 Å². The Balaban J connectivity index is 1.85. The second-order valence-electron chi connectivity index (χ2n) is 4.66. The normalized spacial score (nSPS) is 11.5. The van der Waals surface area contributed by atoms with Crippen LogP contribution in [0.5, 0.6) is 0 Å². The smallest absolute Gasteiger partial charge is 0.266 e. The summed E-state index contributed by atoms with van der Waals surface area (Å²) in [6.45, 7) is 1.95. The van der Waals surface area contributed by atoms with E-state index in [4.69, 9.17) is 4.18 Å². The lowest BCUT2D eigenvalue weighted by atomic mass is 10.2. The monoisotopic (exact) mass is 309 g/mol. The molecule has 0 saturated carbocycles. The van der Waals surface area contributed by atoms with E-state index in [1.165, 1.54) is 18.2 Å². The highest BCUT2D eigenvalue weighted by molar-refractivity contribution is 7.86. The second kappa shape index (κ2) is 6.78. The summed E-state index contributed by atoms with van der Waals surface area (Å²) in [5.74, 6) is -0.392. The predicted octanol–water partition coefficient (Wildman–Crippen LogP) is 2.87. The first-order valence-corrected chi connectivity index (χ1v) is 7.95. The molecule has 4 nitrogen and oxygen atoms in total. The van der Waals surface area contributed by atoms with E-state index in [0.29, 0.717) is 18.5 Å². The molecule has 112 valence electrons. The minimum absolute atomic E-state index is 0.0647. The van der Waals surface area contributed by atoms with Crippen LogP contribution in [-0.4, -0.2) is 20.0 Å². The molecular weight excluding hydrogens is 293 g/mol. The van der Waals surface area contributed by atoms with Gasteiger partial charge in [-0.05, 0) is 44.0 Å². The fraction of sp³-hybridized carbons (Fsp3) is 0.267. The average molecular weight is 309 g/mol. The summed E-state index contributed by atoms with van der Waals surface area (Å²) in [6.07, 6.45) is 2.16. The zero-order valence-corrected chi connectivity index (χ0v) is 12.4. The van der Waals surface area contributed by atoms with Crippen molar-refractivity contribution in [2.24, 2.45) is 0 Å². The molecule has 2 aromatic rings. The molecule has 0 radical (unpaired) electrons. The van der Waals surface area contributed by atoms with Gasteiger partial charge in [-0.2, -0.15) is 8.42 Å². The number of rotatable bonds is 6. The molecule has 21 heavy (non-hydrogen) atoms. The summed E-state index contributed by atoms with van der Waals surface area (Å²) in [4.78, 5) is 4.05. The van der Waals surface area contributed by atoms with Crippen LogP contribution in [0.15, 0.2) is 47.5 Å². The molecule has 0 amide bonds. The van der Waals surface area contributed by atoms with Gasteiger partial charge in [-0.25, -0.2) is 4.39 Å². The SMILES string of the molecule is Cc1ccc(S(=O)(=O)OCCCc2ccc(F)cn2)cc1. The van der Waals surface area contributed by atoms with Crippen molar-refractivity contribution in [3.63, 3.8) is 0 Å². The molecule has 0 fully saturated rings. The van der Waals surface area contributed by atoms with E-state index >= 15 is 0 Å². The maximum absolute atomic E-state index is 12.7. The Morgan fingerprint density at radius 1 is 1.14 bits per heavy atom. The van der Waals surface area contributed by atoms with Gasteiger partial charge >= 0.3 is 0 Å². The number of aromatic nitrogens is 1. The summed E-state index contributed by atoms with van der Waals surface area (Å²) in [5, 5.41) is 0. The van der Waals surface area contributed by atoms with Crippen molar-refractivity contribution in [2.75, 3.05) is 6.61 Å². The molecule has 0 saturated heterocycles. The van der Waals surface area contributed by atoms with Crippen LogP contribution in [0.3, 0.4) is 0 Å². The third-order valence-electron chi connectivity index (χ3n) is 2.91. The summed E-state index contributed by atoms with van der Waals surface area (Å²) in [6, 6.07) is 9.38. The van der Waals surface area contributed by atoms with E-state index < -0.39 is 15.9 Å². The maximum Gasteiger partial charge on any atom is 0.296 e. The Hall–Kier alpha value is -1.79. The van der Waals surface area contributed by atoms with E-state index in [9.17, 15) is 12.8 Å². The Labute approximate surface area is 123 Å². The van der Waals surface area contributed by atoms with Crippen LogP contribution < -0.4 is 0 Å². The van der Waals surface area contributed by atoms with Crippen LogP contribution in [0.25, 0.3) is 0 Å². The Morgan fingerprint density at radius 3 is 2.48 bits per heavy atom. The van der Waals surface area contributed by atoms with Crippen molar-refractivity contribution in [1.82, 2.24) is 4.98 Å². The summed E-state index contributed by atoms with van der Waals surface area (Å²) < 4.78 is 41.5. The van der Waals surface area contributed by atoms with Gasteiger partial charge in [-0.1, -0.05) is 17.7 Å². The lowest BCUT2D eigenvalue weighted by Gasteiger charge is -2.06. The van der Waals surface area contributed by atoms with Crippen LogP contribution in [0.2, 0.25) is 0 Å². The molecule has 2 rings (SSSR count). The lowest BCUT2D eigenvalue weighted by molar-refractivity contribution is 0.312. The number of hydrogen-bond acceptors (Lipinski definition) is 4. The fourth-order valence-corrected chi connectivity index (χ4v) is 2.69. The van der Waals surface area contributed by atoms with Crippen molar-refractivity contribution in [3.8, 4) is 0 Å². The van der Waals surface area contributed by atoms with E-state index in [2.05, 4.69) is 4.98 Å². The van der Waals surface area contributed by atoms with Gasteiger partial charge in [0, 0.05) is 5.69 Å². The van der Waals surface area contributed by atoms with Crippen molar-refractivity contribution in [2.45, 2.75) is 24.7 Å². The number of aryl methyl sites for hydroxylation is 2. The van der Waals surface area contributed by atoms with E-state index in [1.807, 2.05) is 6.92 Å². The van der Waals surface area contributed by atoms with Gasteiger partial charge in [0.15, 0.2) is 0 Å². The summed E-state index contributed by atoms with van der Waals surface area (Å²) >= 11 is 0. The molecule has 0 aliphatic heterocycles. The maximum atomic E-state index is 12.7. The van der Waals surface area contributed by atoms with Crippen LogP contribution in [0, 0.1) is 12.7 Å². The van der Waals surface area contributed by atoms with Gasteiger partial charge in [0.2, 0.25) is 0 Å². The molecule has 0 atom stereocenters. The highest BCUT2D eigenvalue weighted by atomic mass is 32.2. The third-order valence-corrected chi connectivity index (χ3v) is 4.24. The number of benzene rings is 1. The second-order valence-corrected chi connectivity index (χ2v) is 6.28. The van der Waals surface area contributed by atoms with Crippen LogP contribution in [-0.2, 0) is 20.7 Å². The average Bonchev–Trinajstić information content (AvgIpc) is 2.46. The van der Waals surface area contributed by atoms with Crippen molar-refractivity contribution < 1.29 is 17.0 Å². The Morgan fingerprint density at radius 2 is 1.86 bits per heavy atom. The molecule has 0 unspecified atom stereocenters. The zero-order chi connectivity index (χ0) is 15.3. The minimum atomic E-state index is -3.72. The highest BCUT2D eigenvalue weighted by Crippen LogP contribution is 2.13. The topological polar surface area (TPSA) is 56.3 Å². The highest BCUT2D eigenvalue weighted by Gasteiger charge is 2.14. The molecule has 0 aliphatic rings. The molecule has 0 spiro atoms. The minimum Gasteiger partial charge on any atom is -0.266 e. The zero-order valence-electron chi connectivity index (χ0n) is 11.6. The van der Waals surface area contributed by atoms with Crippen LogP contribution in [0.4, 0.5) is 4.39 Å². The molecule has 0 bridgehead atoms. The Bertz CT molecular complexity index is 682. The summed E-state index contributed by atoms with van der Waals surface area (Å²) in [7, 11) is -3.72. The molecular formula is C15H16FNO3S. The fourth-order valence-electron chi connectivity index (χ4n) is 1.75. The first-order valence-electron chi connectivity index (χ1n) is 6.54. The number of halogens is 1. The van der Waals surface area contributed by atoms with Crippen molar-refractivity contribution >= 4 is 10.1 Å². The first kappa shape index (κ1) is 15.6. The Kier molecular flexibility index (Phi) is 5.03. The molecule has 0 aliphatic carbocycles. The molecule has 6 heteroatoms. The molecule has 0 N–H and O–H groups in total. The van der Waals surface area contributed by atoms with E-state index in [1.54, 1.807) is 18.2 Å². The molecule has 1 heterocycles. The lowest BCUT2D eigenvalue weighted by Crippen LogP contribution is -2.08. The van der Waals surface area contributed by atoms with Crippen LogP contribution in [0.1, 0.15) is 17.7 Å². The first-order chi connectivity index (χ1) is 9.97. The largest absolute Gasteiger partial charge is 0.296 e. The van der Waals surface area contributed by atoms with Crippen LogP contribution >= 0.6 is 0 Å². The summed E-state index contributed by atoms with van der Waals surface area (Å²) in [5.41, 5.74) is 1.68. The number of hydrogen-bond donors (Lipinski definition) is 0. The van der Waals surface area contributed by atoms with Gasteiger partial charge < -0.3 is 0 Å².